The van der Waals surface area contributed by atoms with E-state index in [2.05, 4.69) is 63.6 Å². The van der Waals surface area contributed by atoms with Crippen molar-refractivity contribution in [1.82, 2.24) is 19.9 Å². The quantitative estimate of drug-likeness (QED) is 0.176. The number of nitrogens with one attached hydrogen (secondary N) is 2. The molecule has 0 radical (unpaired) electrons. The lowest BCUT2D eigenvalue weighted by atomic mass is 9.86. The van der Waals surface area contributed by atoms with Gasteiger partial charge in [0.25, 0.3) is 0 Å². The summed E-state index contributed by atoms with van der Waals surface area (Å²) >= 11 is 0. The zero-order valence-electron chi connectivity index (χ0n) is 28.9. The molecular formula is C38H52N4O3. The Kier molecular flexibility index (Phi) is 9.48. The molecule has 2 aliphatic rings. The number of hydrogen-bond acceptors (Lipinski definition) is 5. The van der Waals surface area contributed by atoms with E-state index in [-0.39, 0.29) is 16.8 Å². The average molecular weight is 613 g/mol. The van der Waals surface area contributed by atoms with E-state index in [0.29, 0.717) is 12.2 Å². The minimum atomic E-state index is -0.326. The predicted molar refractivity (Wildman–Crippen MR) is 184 cm³/mol. The molecule has 5 rings (SSSR count). The number of fused-ring (bicyclic) bond motifs is 8. The summed E-state index contributed by atoms with van der Waals surface area (Å²) in [4.78, 5) is 31.0. The lowest BCUT2D eigenvalue weighted by molar-refractivity contribution is 0.0528. The number of ether oxygens (including phenoxy) is 2. The highest BCUT2D eigenvalue weighted by molar-refractivity contribution is 6.01. The lowest BCUT2D eigenvalue weighted by Crippen LogP contribution is -2.15. The van der Waals surface area contributed by atoms with Gasteiger partial charge in [-0.05, 0) is 68.0 Å². The van der Waals surface area contributed by atoms with Gasteiger partial charge < -0.3 is 19.4 Å². The van der Waals surface area contributed by atoms with Crippen molar-refractivity contribution in [3.63, 3.8) is 0 Å². The highest BCUT2D eigenvalue weighted by Crippen LogP contribution is 2.39. The molecule has 0 saturated heterocycles. The fourth-order valence-electron chi connectivity index (χ4n) is 7.06. The summed E-state index contributed by atoms with van der Waals surface area (Å²) in [6.45, 7) is 17.6. The Morgan fingerprint density at radius 3 is 2.22 bits per heavy atom. The van der Waals surface area contributed by atoms with Gasteiger partial charge in [-0.1, -0.05) is 67.2 Å². The predicted octanol–water partition coefficient (Wildman–Crippen LogP) is 8.92. The maximum atomic E-state index is 13.2. The van der Waals surface area contributed by atoms with Gasteiger partial charge in [0.05, 0.1) is 36.0 Å². The Bertz CT molecular complexity index is 1740. The summed E-state index contributed by atoms with van der Waals surface area (Å²) in [6.07, 6.45) is 9.60. The van der Waals surface area contributed by atoms with Crippen LogP contribution in [0.4, 0.5) is 0 Å². The minimum absolute atomic E-state index is 0.173. The average Bonchev–Trinajstić information content (AvgIpc) is 3.65. The van der Waals surface area contributed by atoms with Gasteiger partial charge in [0.2, 0.25) is 0 Å². The van der Waals surface area contributed by atoms with Gasteiger partial charge >= 0.3 is 5.97 Å². The molecule has 3 aromatic rings. The molecule has 2 N–H and O–H groups in total. The molecule has 242 valence electrons. The van der Waals surface area contributed by atoms with E-state index in [4.69, 9.17) is 19.4 Å². The number of carbonyl (C=O) groups excluding carboxylic acids is 1. The molecule has 0 fully saturated rings. The maximum Gasteiger partial charge on any atom is 0.340 e. The van der Waals surface area contributed by atoms with Gasteiger partial charge in [-0.3, -0.25) is 9.97 Å². The lowest BCUT2D eigenvalue weighted by Gasteiger charge is -2.16. The molecule has 0 saturated carbocycles. The summed E-state index contributed by atoms with van der Waals surface area (Å²) < 4.78 is 11.7. The van der Waals surface area contributed by atoms with Gasteiger partial charge in [0.1, 0.15) is 0 Å². The van der Waals surface area contributed by atoms with Crippen LogP contribution in [0.1, 0.15) is 130 Å². The van der Waals surface area contributed by atoms with E-state index < -0.39 is 0 Å². The van der Waals surface area contributed by atoms with Crippen molar-refractivity contribution in [2.75, 3.05) is 13.7 Å². The summed E-state index contributed by atoms with van der Waals surface area (Å²) in [7, 11) is 1.76. The third kappa shape index (κ3) is 6.41. The molecule has 2 aliphatic heterocycles. The van der Waals surface area contributed by atoms with Gasteiger partial charge in [-0.2, -0.15) is 0 Å². The number of aromatic nitrogens is 4. The highest BCUT2D eigenvalue weighted by atomic mass is 16.5. The first-order valence-electron chi connectivity index (χ1n) is 16.9. The fourth-order valence-corrected chi connectivity index (χ4v) is 7.06. The molecule has 7 nitrogen and oxygen atoms in total. The van der Waals surface area contributed by atoms with Gasteiger partial charge in [0.15, 0.2) is 5.75 Å². The van der Waals surface area contributed by atoms with Crippen LogP contribution in [0.3, 0.4) is 0 Å². The van der Waals surface area contributed by atoms with Crippen LogP contribution in [-0.4, -0.2) is 39.6 Å². The number of aromatic amines is 2. The number of H-pyrrole nitrogens is 2. The monoisotopic (exact) mass is 612 g/mol. The Labute approximate surface area is 268 Å². The zero-order valence-corrected chi connectivity index (χ0v) is 28.9. The van der Waals surface area contributed by atoms with Crippen molar-refractivity contribution in [3.05, 3.63) is 63.2 Å². The van der Waals surface area contributed by atoms with Crippen LogP contribution in [-0.2, 0) is 41.3 Å². The van der Waals surface area contributed by atoms with Crippen LogP contribution < -0.4 is 4.74 Å². The topological polar surface area (TPSA) is 92.9 Å². The molecule has 3 aromatic heterocycles. The molecule has 0 spiro atoms. The van der Waals surface area contributed by atoms with Gasteiger partial charge in [-0.25, -0.2) is 4.79 Å². The van der Waals surface area contributed by atoms with Crippen molar-refractivity contribution in [3.8, 4) is 5.75 Å². The van der Waals surface area contributed by atoms with E-state index in [1.807, 2.05) is 19.9 Å². The molecule has 45 heavy (non-hydrogen) atoms. The van der Waals surface area contributed by atoms with Gasteiger partial charge in [-0.15, -0.1) is 0 Å². The normalized spacial score (nSPS) is 15.3. The summed E-state index contributed by atoms with van der Waals surface area (Å²) in [5, 5.41) is 0. The molecule has 8 bridgehead atoms. The smallest absolute Gasteiger partial charge is 0.340 e. The third-order valence-electron chi connectivity index (χ3n) is 9.64. The summed E-state index contributed by atoms with van der Waals surface area (Å²) in [5.74, 6) is 0.486. The molecule has 0 aromatic carbocycles. The number of carbonyl (C=O) groups is 1. The maximum absolute atomic E-state index is 13.2. The third-order valence-corrected chi connectivity index (χ3v) is 9.64. The van der Waals surface area contributed by atoms with Crippen LogP contribution in [0.5, 0.6) is 5.75 Å². The number of methoxy groups -OCH3 is 1. The summed E-state index contributed by atoms with van der Waals surface area (Å²) in [5.41, 5.74) is 11.3. The standard InChI is InChI=1S/C38H52N4O3/c1-10-13-14-15-16-17-26-25(11-2)34-35(44-9)30-22-38(7,8)32(41-30)19-27-23(4)33(36(43)45-12-3)29(40-27)18-24-21-37(5,6)31(39-24)20-28(26)42-34/h18-20,40,42H,10-17,21-22H2,1-9H3. The second-order valence-electron chi connectivity index (χ2n) is 14.1. The van der Waals surface area contributed by atoms with E-state index >= 15 is 0 Å². The number of rotatable bonds is 10. The molecule has 5 heterocycles. The Balaban J connectivity index is 1.89. The number of nitrogens with zero attached hydrogens (tertiary/aromatic N) is 2. The number of hydrogen-bond donors (Lipinski definition) is 2. The first kappa shape index (κ1) is 32.8. The Morgan fingerprint density at radius 1 is 0.844 bits per heavy atom. The first-order chi connectivity index (χ1) is 21.4. The van der Waals surface area contributed by atoms with Crippen molar-refractivity contribution < 1.29 is 14.3 Å². The molecular weight excluding hydrogens is 560 g/mol. The summed E-state index contributed by atoms with van der Waals surface area (Å²) in [6, 6.07) is 6.39. The second-order valence-corrected chi connectivity index (χ2v) is 14.1. The molecule has 0 unspecified atom stereocenters. The molecule has 0 amide bonds. The van der Waals surface area contributed by atoms with Crippen LogP contribution in [0.15, 0.2) is 18.2 Å². The van der Waals surface area contributed by atoms with Crippen LogP contribution in [0, 0.1) is 6.92 Å². The van der Waals surface area contributed by atoms with E-state index in [0.717, 1.165) is 88.3 Å². The van der Waals surface area contributed by atoms with E-state index in [9.17, 15) is 4.79 Å². The van der Waals surface area contributed by atoms with Crippen LogP contribution >= 0.6 is 0 Å². The molecule has 0 atom stereocenters. The Hall–Kier alpha value is -3.61. The van der Waals surface area contributed by atoms with Crippen molar-refractivity contribution in [1.29, 1.82) is 0 Å². The van der Waals surface area contributed by atoms with Gasteiger partial charge in [0, 0.05) is 51.8 Å². The number of esters is 1. The zero-order chi connectivity index (χ0) is 32.5. The SMILES string of the molecule is CCCCCCCc1c(CC)c2[nH]c1cc1nc(cc3[nH]c(cc4nc(c2OC)CC4(C)C)c(C)c3C(=O)OCC)CC1(C)C. The largest absolute Gasteiger partial charge is 0.493 e. The van der Waals surface area contributed by atoms with E-state index in [1.54, 1.807) is 7.11 Å². The van der Waals surface area contributed by atoms with Crippen LogP contribution in [0.2, 0.25) is 0 Å². The fraction of sp³-hybridized carbons (Fsp3) is 0.553. The highest BCUT2D eigenvalue weighted by Gasteiger charge is 2.33. The number of unbranched alkanes of at least 4 members (excludes halogenated alkanes) is 4. The van der Waals surface area contributed by atoms with Crippen molar-refractivity contribution in [2.24, 2.45) is 0 Å². The number of aryl methyl sites for hydroxylation is 3. The van der Waals surface area contributed by atoms with Crippen LogP contribution in [0.25, 0.3) is 22.1 Å². The van der Waals surface area contributed by atoms with Crippen molar-refractivity contribution in [2.45, 2.75) is 124 Å². The van der Waals surface area contributed by atoms with E-state index in [1.165, 1.54) is 36.8 Å². The minimum Gasteiger partial charge on any atom is -0.493 e. The molecule has 7 heteroatoms. The van der Waals surface area contributed by atoms with Crippen molar-refractivity contribution >= 4 is 28.0 Å². The second kappa shape index (κ2) is 13.0. The molecule has 0 aliphatic carbocycles. The first-order valence-corrected chi connectivity index (χ1v) is 16.9. The Morgan fingerprint density at radius 2 is 1.53 bits per heavy atom.